The highest BCUT2D eigenvalue weighted by Crippen LogP contribution is 2.31. The fraction of sp³-hybridized carbons (Fsp3) is 0.167. The summed E-state index contributed by atoms with van der Waals surface area (Å²) in [6, 6.07) is 12.8. The topological polar surface area (TPSA) is 68.0 Å². The number of nitrogens with zero attached hydrogens (tertiary/aromatic N) is 2. The van der Waals surface area contributed by atoms with Gasteiger partial charge in [0.05, 0.1) is 21.0 Å². The summed E-state index contributed by atoms with van der Waals surface area (Å²) < 4.78 is 5.65. The van der Waals surface area contributed by atoms with E-state index in [-0.39, 0.29) is 5.91 Å². The predicted octanol–water partition coefficient (Wildman–Crippen LogP) is 5.47. The van der Waals surface area contributed by atoms with Crippen LogP contribution in [0.3, 0.4) is 0 Å². The lowest BCUT2D eigenvalue weighted by Gasteiger charge is -2.12. The fourth-order valence-electron chi connectivity index (χ4n) is 2.20. The Morgan fingerprint density at radius 2 is 1.85 bits per heavy atom. The minimum absolute atomic E-state index is 0.264. The van der Waals surface area contributed by atoms with E-state index in [1.54, 1.807) is 25.1 Å². The van der Waals surface area contributed by atoms with Gasteiger partial charge in [-0.15, -0.1) is 10.2 Å². The lowest BCUT2D eigenvalue weighted by atomic mass is 10.1. The molecule has 0 radical (unpaired) electrons. The Labute approximate surface area is 165 Å². The van der Waals surface area contributed by atoms with Crippen LogP contribution < -0.4 is 5.32 Å². The maximum atomic E-state index is 12.4. The van der Waals surface area contributed by atoms with Crippen molar-refractivity contribution in [2.24, 2.45) is 0 Å². The Morgan fingerprint density at radius 3 is 2.54 bits per heavy atom. The molecule has 1 amide bonds. The molecule has 0 bridgehead atoms. The summed E-state index contributed by atoms with van der Waals surface area (Å²) in [6.45, 7) is 3.73. The van der Waals surface area contributed by atoms with Crippen LogP contribution in [-0.4, -0.2) is 21.4 Å². The Hall–Kier alpha value is -2.02. The molecule has 0 spiro atoms. The molecule has 1 aromatic heterocycles. The summed E-state index contributed by atoms with van der Waals surface area (Å²) >= 11 is 13.3. The van der Waals surface area contributed by atoms with Crippen LogP contribution >= 0.6 is 35.0 Å². The molecule has 134 valence electrons. The van der Waals surface area contributed by atoms with Gasteiger partial charge in [0.15, 0.2) is 0 Å². The van der Waals surface area contributed by atoms with Gasteiger partial charge in [0.25, 0.3) is 5.22 Å². The van der Waals surface area contributed by atoms with Gasteiger partial charge in [0.2, 0.25) is 11.8 Å². The molecule has 5 nitrogen and oxygen atoms in total. The molecule has 0 unspecified atom stereocenters. The van der Waals surface area contributed by atoms with Gasteiger partial charge < -0.3 is 9.73 Å². The van der Waals surface area contributed by atoms with Crippen LogP contribution in [0.25, 0.3) is 11.5 Å². The minimum Gasteiger partial charge on any atom is -0.411 e. The molecule has 8 heteroatoms. The lowest BCUT2D eigenvalue weighted by Crippen LogP contribution is -2.22. The van der Waals surface area contributed by atoms with Gasteiger partial charge in [-0.3, -0.25) is 4.79 Å². The van der Waals surface area contributed by atoms with E-state index in [9.17, 15) is 4.79 Å². The number of thioether (sulfide) groups is 1. The quantitative estimate of drug-likeness (QED) is 0.567. The second kappa shape index (κ2) is 8.12. The molecular weight excluding hydrogens is 393 g/mol. The summed E-state index contributed by atoms with van der Waals surface area (Å²) in [6.07, 6.45) is 0. The second-order valence-corrected chi connectivity index (χ2v) is 7.70. The van der Waals surface area contributed by atoms with E-state index >= 15 is 0 Å². The van der Waals surface area contributed by atoms with Crippen molar-refractivity contribution < 1.29 is 9.21 Å². The molecule has 0 aliphatic carbocycles. The monoisotopic (exact) mass is 407 g/mol. The summed E-state index contributed by atoms with van der Waals surface area (Å²) in [7, 11) is 0. The molecule has 2 aromatic carbocycles. The van der Waals surface area contributed by atoms with Crippen molar-refractivity contribution in [3.8, 4) is 11.5 Å². The fourth-order valence-corrected chi connectivity index (χ4v) is 3.37. The van der Waals surface area contributed by atoms with Crippen LogP contribution in [0.5, 0.6) is 0 Å². The van der Waals surface area contributed by atoms with Gasteiger partial charge in [0.1, 0.15) is 0 Å². The Balaban J connectivity index is 1.68. The molecule has 0 saturated heterocycles. The van der Waals surface area contributed by atoms with Crippen molar-refractivity contribution >= 4 is 46.6 Å². The molecule has 0 fully saturated rings. The van der Waals surface area contributed by atoms with Crippen molar-refractivity contribution in [1.82, 2.24) is 10.2 Å². The SMILES string of the molecule is Cc1cccc(-c2nnc(S[C@@H](C)C(=O)Nc3c(Cl)cccc3Cl)o2)c1. The Kier molecular flexibility index (Phi) is 5.86. The number of aryl methyl sites for hydroxylation is 1. The van der Waals surface area contributed by atoms with Crippen LogP contribution in [0.15, 0.2) is 52.1 Å². The molecule has 0 saturated carbocycles. The first-order valence-corrected chi connectivity index (χ1v) is 9.39. The highest BCUT2D eigenvalue weighted by Gasteiger charge is 2.20. The number of amides is 1. The molecule has 3 aromatic rings. The highest BCUT2D eigenvalue weighted by atomic mass is 35.5. The van der Waals surface area contributed by atoms with Crippen molar-refractivity contribution in [3.63, 3.8) is 0 Å². The normalized spacial score (nSPS) is 12.0. The molecule has 1 atom stereocenters. The third-order valence-electron chi connectivity index (χ3n) is 3.53. The van der Waals surface area contributed by atoms with E-state index in [2.05, 4.69) is 15.5 Å². The molecule has 26 heavy (non-hydrogen) atoms. The number of hydrogen-bond donors (Lipinski definition) is 1. The van der Waals surface area contributed by atoms with Gasteiger partial charge in [-0.05, 0) is 38.1 Å². The van der Waals surface area contributed by atoms with Crippen molar-refractivity contribution in [2.75, 3.05) is 5.32 Å². The molecular formula is C18H15Cl2N3O2S. The molecule has 3 rings (SSSR count). The average Bonchev–Trinajstić information content (AvgIpc) is 3.06. The van der Waals surface area contributed by atoms with Gasteiger partial charge in [-0.25, -0.2) is 0 Å². The van der Waals surface area contributed by atoms with Gasteiger partial charge >= 0.3 is 0 Å². The number of carbonyl (C=O) groups excluding carboxylic acids is 1. The summed E-state index contributed by atoms with van der Waals surface area (Å²) in [5, 5.41) is 11.4. The van der Waals surface area contributed by atoms with E-state index < -0.39 is 5.25 Å². The van der Waals surface area contributed by atoms with E-state index in [1.807, 2.05) is 31.2 Å². The third kappa shape index (κ3) is 4.38. The molecule has 0 aliphatic heterocycles. The summed E-state index contributed by atoms with van der Waals surface area (Å²) in [5.74, 6) is 0.151. The van der Waals surface area contributed by atoms with Crippen molar-refractivity contribution in [1.29, 1.82) is 0 Å². The number of aromatic nitrogens is 2. The van der Waals surface area contributed by atoms with Crippen LogP contribution in [0, 0.1) is 6.92 Å². The minimum atomic E-state index is -0.479. The maximum Gasteiger partial charge on any atom is 0.277 e. The van der Waals surface area contributed by atoms with Crippen LogP contribution in [0.4, 0.5) is 5.69 Å². The number of hydrogen-bond acceptors (Lipinski definition) is 5. The first kappa shape index (κ1) is 18.8. The molecule has 1 heterocycles. The highest BCUT2D eigenvalue weighted by molar-refractivity contribution is 8.00. The summed E-state index contributed by atoms with van der Waals surface area (Å²) in [5.41, 5.74) is 2.32. The number of halogens is 2. The predicted molar refractivity (Wildman–Crippen MR) is 105 cm³/mol. The second-order valence-electron chi connectivity index (χ2n) is 5.59. The van der Waals surface area contributed by atoms with Crippen LogP contribution in [-0.2, 0) is 4.79 Å². The number of carbonyl (C=O) groups is 1. The number of anilines is 1. The lowest BCUT2D eigenvalue weighted by molar-refractivity contribution is -0.115. The zero-order chi connectivity index (χ0) is 18.7. The van der Waals surface area contributed by atoms with Gasteiger partial charge in [-0.1, -0.05) is 58.7 Å². The largest absolute Gasteiger partial charge is 0.411 e. The van der Waals surface area contributed by atoms with Gasteiger partial charge in [0, 0.05) is 5.56 Å². The van der Waals surface area contributed by atoms with E-state index in [4.69, 9.17) is 27.6 Å². The Morgan fingerprint density at radius 1 is 1.15 bits per heavy atom. The zero-order valence-electron chi connectivity index (χ0n) is 14.0. The van der Waals surface area contributed by atoms with E-state index in [1.165, 1.54) is 0 Å². The molecule has 1 N–H and O–H groups in total. The first-order valence-electron chi connectivity index (χ1n) is 7.76. The number of benzene rings is 2. The van der Waals surface area contributed by atoms with Crippen molar-refractivity contribution in [2.45, 2.75) is 24.3 Å². The first-order chi connectivity index (χ1) is 12.4. The van der Waals surface area contributed by atoms with E-state index in [0.717, 1.165) is 22.9 Å². The van der Waals surface area contributed by atoms with Crippen molar-refractivity contribution in [3.05, 3.63) is 58.1 Å². The Bertz CT molecular complexity index is 925. The third-order valence-corrected chi connectivity index (χ3v) is 5.09. The smallest absolute Gasteiger partial charge is 0.277 e. The average molecular weight is 408 g/mol. The van der Waals surface area contributed by atoms with Crippen LogP contribution in [0.2, 0.25) is 10.0 Å². The number of rotatable bonds is 5. The molecule has 0 aliphatic rings. The standard InChI is InChI=1S/C18H15Cl2N3O2S/c1-10-5-3-6-12(9-10)17-22-23-18(25-17)26-11(2)16(24)21-15-13(19)7-4-8-14(15)20/h3-9,11H,1-2H3,(H,21,24)/t11-/m0/s1. The maximum absolute atomic E-state index is 12.4. The van der Waals surface area contributed by atoms with Crippen LogP contribution in [0.1, 0.15) is 12.5 Å². The number of para-hydroxylation sites is 1. The summed E-state index contributed by atoms with van der Waals surface area (Å²) in [4.78, 5) is 12.4. The zero-order valence-corrected chi connectivity index (χ0v) is 16.3. The van der Waals surface area contributed by atoms with E-state index in [0.29, 0.717) is 26.8 Å². The number of nitrogens with one attached hydrogen (secondary N) is 1. The van der Waals surface area contributed by atoms with Gasteiger partial charge in [-0.2, -0.15) is 0 Å².